The summed E-state index contributed by atoms with van der Waals surface area (Å²) >= 11 is 0. The summed E-state index contributed by atoms with van der Waals surface area (Å²) in [7, 11) is 0. The van der Waals surface area contributed by atoms with Crippen LogP contribution in [0.15, 0.2) is 48.5 Å². The molecule has 0 saturated heterocycles. The molecule has 0 aliphatic heterocycles. The highest BCUT2D eigenvalue weighted by Crippen LogP contribution is 2.64. The molecule has 0 spiro atoms. The van der Waals surface area contributed by atoms with E-state index in [1.165, 1.54) is 0 Å². The number of rotatable bonds is 2. The predicted molar refractivity (Wildman–Crippen MR) is 84.5 cm³/mol. The third kappa shape index (κ3) is 3.45. The molecule has 3 rings (SSSR count). The van der Waals surface area contributed by atoms with Gasteiger partial charge in [-0.05, 0) is 35.4 Å². The van der Waals surface area contributed by atoms with E-state index in [0.29, 0.717) is 24.3 Å². The molecule has 0 fully saturated rings. The fourth-order valence-electron chi connectivity index (χ4n) is 3.13. The lowest BCUT2D eigenvalue weighted by Gasteiger charge is -2.26. The number of halogens is 12. The highest BCUT2D eigenvalue weighted by Gasteiger charge is 2.80. The first-order valence-electron chi connectivity index (χ1n) is 8.16. The zero-order valence-electron chi connectivity index (χ0n) is 14.7. The van der Waals surface area contributed by atoms with Crippen LogP contribution < -0.4 is 0 Å². The van der Waals surface area contributed by atoms with E-state index in [9.17, 15) is 52.7 Å². The molecule has 0 amide bonds. The van der Waals surface area contributed by atoms with Gasteiger partial charge in [0.05, 0.1) is 11.1 Å². The Morgan fingerprint density at radius 1 is 0.452 bits per heavy atom. The van der Waals surface area contributed by atoms with Gasteiger partial charge in [-0.2, -0.15) is 52.7 Å². The highest BCUT2D eigenvalue weighted by atomic mass is 19.4. The zero-order chi connectivity index (χ0) is 23.6. The molecule has 2 aromatic rings. The maximum Gasteiger partial charge on any atom is 0.416 e. The van der Waals surface area contributed by atoms with Gasteiger partial charge >= 0.3 is 30.1 Å². The second-order valence-electron chi connectivity index (χ2n) is 6.62. The second-order valence-corrected chi connectivity index (χ2v) is 6.62. The fraction of sp³-hybridized carbons (Fsp3) is 0.263. The average Bonchev–Trinajstić information content (AvgIpc) is 2.74. The van der Waals surface area contributed by atoms with Gasteiger partial charge in [-0.15, -0.1) is 0 Å². The number of hydrogen-bond donors (Lipinski definition) is 0. The molecule has 1 aliphatic rings. The van der Waals surface area contributed by atoms with Gasteiger partial charge in [0.1, 0.15) is 0 Å². The van der Waals surface area contributed by atoms with E-state index < -0.39 is 63.5 Å². The van der Waals surface area contributed by atoms with Gasteiger partial charge in [-0.25, -0.2) is 0 Å². The maximum atomic E-state index is 14.4. The lowest BCUT2D eigenvalue weighted by Crippen LogP contribution is -2.48. The maximum absolute atomic E-state index is 14.4. The van der Waals surface area contributed by atoms with Crippen molar-refractivity contribution >= 4 is 11.1 Å². The first-order chi connectivity index (χ1) is 13.9. The fourth-order valence-corrected chi connectivity index (χ4v) is 3.13. The largest absolute Gasteiger partial charge is 0.416 e. The summed E-state index contributed by atoms with van der Waals surface area (Å²) in [4.78, 5) is 0. The Morgan fingerprint density at radius 3 is 0.935 bits per heavy atom. The van der Waals surface area contributed by atoms with Crippen LogP contribution in [0.2, 0.25) is 0 Å². The SMILES string of the molecule is FC(F)(F)c1ccc(C2=C(c3ccc(C(F)(F)F)cc3)C(F)(F)C(F)(F)C2(F)F)cc1. The molecule has 0 saturated carbocycles. The van der Waals surface area contributed by atoms with E-state index in [-0.39, 0.29) is 24.3 Å². The Bertz CT molecular complexity index is 924. The Morgan fingerprint density at radius 2 is 0.710 bits per heavy atom. The van der Waals surface area contributed by atoms with E-state index >= 15 is 0 Å². The topological polar surface area (TPSA) is 0 Å². The van der Waals surface area contributed by atoms with E-state index in [1.54, 1.807) is 0 Å². The Labute approximate surface area is 165 Å². The molecule has 31 heavy (non-hydrogen) atoms. The number of allylic oxidation sites excluding steroid dienone is 2. The van der Waals surface area contributed by atoms with Crippen LogP contribution in [-0.4, -0.2) is 17.8 Å². The molecule has 2 aromatic carbocycles. The normalized spacial score (nSPS) is 20.3. The van der Waals surface area contributed by atoms with E-state index in [1.807, 2.05) is 0 Å². The molecule has 12 heteroatoms. The molecule has 0 atom stereocenters. The molecule has 0 unspecified atom stereocenters. The molecule has 0 radical (unpaired) electrons. The minimum absolute atomic E-state index is 0.234. The Balaban J connectivity index is 2.28. The summed E-state index contributed by atoms with van der Waals surface area (Å²) in [5.74, 6) is -17.1. The molecule has 0 bridgehead atoms. The summed E-state index contributed by atoms with van der Waals surface area (Å²) in [5.41, 5.74) is -8.79. The molecular formula is C19H8F12. The van der Waals surface area contributed by atoms with Crippen molar-refractivity contribution in [3.05, 3.63) is 70.8 Å². The van der Waals surface area contributed by atoms with Gasteiger partial charge < -0.3 is 0 Å². The van der Waals surface area contributed by atoms with Crippen LogP contribution in [0, 0.1) is 0 Å². The monoisotopic (exact) mass is 464 g/mol. The van der Waals surface area contributed by atoms with Crippen molar-refractivity contribution in [1.82, 2.24) is 0 Å². The lowest BCUT2D eigenvalue weighted by atomic mass is 9.93. The molecule has 0 heterocycles. The smallest absolute Gasteiger partial charge is 0.194 e. The predicted octanol–water partition coefficient (Wildman–Crippen LogP) is 7.55. The van der Waals surface area contributed by atoms with Gasteiger partial charge in [-0.1, -0.05) is 24.3 Å². The Hall–Kier alpha value is -2.66. The van der Waals surface area contributed by atoms with Gasteiger partial charge in [-0.3, -0.25) is 0 Å². The highest BCUT2D eigenvalue weighted by molar-refractivity contribution is 6.01. The average molecular weight is 464 g/mol. The van der Waals surface area contributed by atoms with Crippen molar-refractivity contribution in [2.24, 2.45) is 0 Å². The van der Waals surface area contributed by atoms with Crippen molar-refractivity contribution in [2.75, 3.05) is 0 Å². The van der Waals surface area contributed by atoms with Crippen LogP contribution in [0.3, 0.4) is 0 Å². The van der Waals surface area contributed by atoms with Crippen molar-refractivity contribution in [3.8, 4) is 0 Å². The van der Waals surface area contributed by atoms with Crippen molar-refractivity contribution < 1.29 is 52.7 Å². The second kappa shape index (κ2) is 6.67. The van der Waals surface area contributed by atoms with Gasteiger partial charge in [0.15, 0.2) is 0 Å². The summed E-state index contributed by atoms with van der Waals surface area (Å²) in [6.07, 6.45) is -9.84. The molecular weight excluding hydrogens is 456 g/mol. The van der Waals surface area contributed by atoms with Crippen LogP contribution in [0.25, 0.3) is 11.1 Å². The van der Waals surface area contributed by atoms with Gasteiger partial charge in [0.25, 0.3) is 0 Å². The number of benzene rings is 2. The minimum atomic E-state index is -5.99. The van der Waals surface area contributed by atoms with Crippen LogP contribution in [0.1, 0.15) is 22.3 Å². The first-order valence-corrected chi connectivity index (χ1v) is 8.16. The molecule has 0 aromatic heterocycles. The van der Waals surface area contributed by atoms with Crippen LogP contribution in [-0.2, 0) is 12.4 Å². The van der Waals surface area contributed by atoms with Crippen molar-refractivity contribution in [1.29, 1.82) is 0 Å². The third-order valence-corrected chi connectivity index (χ3v) is 4.67. The van der Waals surface area contributed by atoms with Crippen LogP contribution in [0.4, 0.5) is 52.7 Å². The van der Waals surface area contributed by atoms with Gasteiger partial charge in [0, 0.05) is 11.1 Å². The summed E-state index contributed by atoms with van der Waals surface area (Å²) in [6, 6.07) is 2.19. The van der Waals surface area contributed by atoms with E-state index in [0.717, 1.165) is 0 Å². The third-order valence-electron chi connectivity index (χ3n) is 4.67. The quantitative estimate of drug-likeness (QED) is 0.403. The minimum Gasteiger partial charge on any atom is -0.194 e. The summed E-state index contributed by atoms with van der Waals surface area (Å²) in [5, 5.41) is 0. The summed E-state index contributed by atoms with van der Waals surface area (Å²) in [6.45, 7) is 0. The number of alkyl halides is 12. The zero-order valence-corrected chi connectivity index (χ0v) is 14.7. The van der Waals surface area contributed by atoms with E-state index in [4.69, 9.17) is 0 Å². The Kier molecular flexibility index (Phi) is 4.95. The molecule has 0 N–H and O–H groups in total. The van der Waals surface area contributed by atoms with Crippen molar-refractivity contribution in [3.63, 3.8) is 0 Å². The first kappa shape index (κ1) is 23.0. The molecule has 0 nitrogen and oxygen atoms in total. The van der Waals surface area contributed by atoms with Crippen LogP contribution >= 0.6 is 0 Å². The van der Waals surface area contributed by atoms with Gasteiger partial charge in [0.2, 0.25) is 0 Å². The van der Waals surface area contributed by atoms with E-state index in [2.05, 4.69) is 0 Å². The molecule has 168 valence electrons. The standard InChI is InChI=1S/C19H8F12/c20-15(21)13(9-1-5-11(6-2-9)17(24,25)26)14(16(22,23)19(15,30)31)10-3-7-12(8-4-10)18(27,28)29/h1-8H. The number of hydrogen-bond acceptors (Lipinski definition) is 0. The lowest BCUT2D eigenvalue weighted by molar-refractivity contribution is -0.254. The molecule has 1 aliphatic carbocycles. The summed E-state index contributed by atoms with van der Waals surface area (Å²) < 4.78 is 162. The van der Waals surface area contributed by atoms with Crippen molar-refractivity contribution in [2.45, 2.75) is 30.1 Å². The van der Waals surface area contributed by atoms with Crippen LogP contribution in [0.5, 0.6) is 0 Å².